The minimum absolute atomic E-state index is 0.00131. The number of benzene rings is 1. The highest BCUT2D eigenvalue weighted by Crippen LogP contribution is 2.25. The first-order chi connectivity index (χ1) is 19.1. The average Bonchev–Trinajstić information content (AvgIpc) is 2.99. The molecule has 5 rings (SSSR count). The van der Waals surface area contributed by atoms with E-state index >= 15 is 0 Å². The second-order valence-electron chi connectivity index (χ2n) is 11.4. The molecule has 2 aliphatic heterocycles. The lowest BCUT2D eigenvalue weighted by Crippen LogP contribution is -2.49. The number of nitriles is 1. The summed E-state index contributed by atoms with van der Waals surface area (Å²) in [6.07, 6.45) is 10.1. The molecule has 2 saturated heterocycles. The van der Waals surface area contributed by atoms with Crippen LogP contribution in [0.1, 0.15) is 76.9 Å². The van der Waals surface area contributed by atoms with Crippen LogP contribution in [0, 0.1) is 17.2 Å². The number of nitrogens with one attached hydrogen (secondary N) is 1. The molecule has 1 aromatic heterocycles. The predicted octanol–water partition coefficient (Wildman–Crippen LogP) is 3.69. The van der Waals surface area contributed by atoms with Gasteiger partial charge in [0.1, 0.15) is 5.69 Å². The summed E-state index contributed by atoms with van der Waals surface area (Å²) < 4.78 is 0. The van der Waals surface area contributed by atoms with Crippen LogP contribution in [0.3, 0.4) is 0 Å². The number of hydrogen-bond donors (Lipinski definition) is 1. The van der Waals surface area contributed by atoms with E-state index in [1.165, 1.54) is 44.2 Å². The smallest absolute Gasteiger partial charge is 0.270 e. The van der Waals surface area contributed by atoms with E-state index in [9.17, 15) is 9.59 Å². The van der Waals surface area contributed by atoms with Crippen molar-refractivity contribution in [2.45, 2.75) is 57.5 Å². The molecule has 1 aliphatic carbocycles. The Morgan fingerprint density at radius 3 is 2.23 bits per heavy atom. The summed E-state index contributed by atoms with van der Waals surface area (Å²) in [6.45, 7) is 7.18. The maximum absolute atomic E-state index is 13.0. The van der Waals surface area contributed by atoms with Crippen LogP contribution in [0.4, 0.5) is 0 Å². The lowest BCUT2D eigenvalue weighted by molar-refractivity contribution is 0.0605. The number of likely N-dealkylation sites (tertiary alicyclic amines) is 1. The van der Waals surface area contributed by atoms with Gasteiger partial charge in [0.05, 0.1) is 17.2 Å². The van der Waals surface area contributed by atoms with E-state index in [-0.39, 0.29) is 17.9 Å². The first-order valence-electron chi connectivity index (χ1n) is 14.6. The highest BCUT2D eigenvalue weighted by molar-refractivity contribution is 5.96. The molecule has 3 aliphatic rings. The van der Waals surface area contributed by atoms with E-state index < -0.39 is 0 Å². The van der Waals surface area contributed by atoms with Gasteiger partial charge in [-0.1, -0.05) is 31.4 Å². The van der Waals surface area contributed by atoms with E-state index in [0.29, 0.717) is 16.8 Å². The standard InChI is InChI=1S/C31H40N6O2/c32-20-24-6-8-26(9-7-24)23-35-14-12-28(13-15-35)34-30(38)29-11-10-27(21-33-29)31(39)37-18-16-36(17-19-37)22-25-4-2-1-3-5-25/h6-11,21,25,28H,1-5,12-19,22-23H2,(H,34,38). The monoisotopic (exact) mass is 528 g/mol. The van der Waals surface area contributed by atoms with Gasteiger partial charge in [-0.25, -0.2) is 0 Å². The maximum Gasteiger partial charge on any atom is 0.270 e. The van der Waals surface area contributed by atoms with Crippen LogP contribution in [0.5, 0.6) is 0 Å². The molecule has 3 heterocycles. The SMILES string of the molecule is N#Cc1ccc(CN2CCC(NC(=O)c3ccc(C(=O)N4CCN(CC5CCCCC5)CC4)cn3)CC2)cc1. The molecule has 1 N–H and O–H groups in total. The van der Waals surface area contributed by atoms with Crippen molar-refractivity contribution in [1.29, 1.82) is 5.26 Å². The van der Waals surface area contributed by atoms with Gasteiger partial charge in [-0.15, -0.1) is 0 Å². The number of aromatic nitrogens is 1. The van der Waals surface area contributed by atoms with Gasteiger partial charge >= 0.3 is 0 Å². The highest BCUT2D eigenvalue weighted by atomic mass is 16.2. The molecule has 0 bridgehead atoms. The third kappa shape index (κ3) is 7.43. The first kappa shape index (κ1) is 27.3. The van der Waals surface area contributed by atoms with Crippen molar-refractivity contribution in [1.82, 2.24) is 25.0 Å². The molecule has 0 atom stereocenters. The maximum atomic E-state index is 13.0. The zero-order chi connectivity index (χ0) is 27.0. The van der Waals surface area contributed by atoms with Crippen molar-refractivity contribution in [2.24, 2.45) is 5.92 Å². The summed E-state index contributed by atoms with van der Waals surface area (Å²) in [5.41, 5.74) is 2.76. The molecule has 1 saturated carbocycles. The van der Waals surface area contributed by atoms with Crippen molar-refractivity contribution in [3.63, 3.8) is 0 Å². The summed E-state index contributed by atoms with van der Waals surface area (Å²) in [7, 11) is 0. The number of pyridine rings is 1. The van der Waals surface area contributed by atoms with Crippen LogP contribution >= 0.6 is 0 Å². The molecule has 39 heavy (non-hydrogen) atoms. The molecule has 0 radical (unpaired) electrons. The number of rotatable bonds is 7. The number of nitrogens with zero attached hydrogens (tertiary/aromatic N) is 5. The Morgan fingerprint density at radius 2 is 1.59 bits per heavy atom. The van der Waals surface area contributed by atoms with E-state index in [2.05, 4.69) is 26.2 Å². The molecule has 8 heteroatoms. The van der Waals surface area contributed by atoms with Gasteiger partial charge in [0.2, 0.25) is 0 Å². The summed E-state index contributed by atoms with van der Waals surface area (Å²) in [5, 5.41) is 12.1. The number of carbonyl (C=O) groups excluding carboxylic acids is 2. The van der Waals surface area contributed by atoms with Crippen LogP contribution in [-0.4, -0.2) is 83.4 Å². The minimum Gasteiger partial charge on any atom is -0.348 e. The summed E-state index contributed by atoms with van der Waals surface area (Å²) in [4.78, 5) is 37.0. The quantitative estimate of drug-likeness (QED) is 0.589. The molecule has 3 fully saturated rings. The third-order valence-electron chi connectivity index (χ3n) is 8.56. The number of carbonyl (C=O) groups is 2. The Bertz CT molecular complexity index is 1140. The van der Waals surface area contributed by atoms with Crippen molar-refractivity contribution < 1.29 is 9.59 Å². The Kier molecular flexibility index (Phi) is 9.23. The Balaban J connectivity index is 1.04. The normalized spacial score (nSPS) is 19.9. The van der Waals surface area contributed by atoms with Crippen LogP contribution < -0.4 is 5.32 Å². The fourth-order valence-corrected chi connectivity index (χ4v) is 6.14. The fraction of sp³-hybridized carbons (Fsp3) is 0.548. The lowest BCUT2D eigenvalue weighted by atomic mass is 9.89. The first-order valence-corrected chi connectivity index (χ1v) is 14.6. The Hall–Kier alpha value is -3.28. The van der Waals surface area contributed by atoms with E-state index in [1.54, 1.807) is 18.3 Å². The molecule has 0 unspecified atom stereocenters. The van der Waals surface area contributed by atoms with Crippen molar-refractivity contribution in [2.75, 3.05) is 45.8 Å². The molecule has 0 spiro atoms. The van der Waals surface area contributed by atoms with Crippen LogP contribution in [0.25, 0.3) is 0 Å². The van der Waals surface area contributed by atoms with E-state index in [1.807, 2.05) is 29.2 Å². The molecule has 2 amide bonds. The van der Waals surface area contributed by atoms with Crippen molar-refractivity contribution in [3.8, 4) is 6.07 Å². The second-order valence-corrected chi connectivity index (χ2v) is 11.4. The van der Waals surface area contributed by atoms with Gasteiger partial charge in [-0.05, 0) is 61.4 Å². The molecule has 8 nitrogen and oxygen atoms in total. The molecule has 1 aromatic carbocycles. The largest absolute Gasteiger partial charge is 0.348 e. The Labute approximate surface area is 232 Å². The fourth-order valence-electron chi connectivity index (χ4n) is 6.14. The van der Waals surface area contributed by atoms with E-state index in [0.717, 1.165) is 64.6 Å². The highest BCUT2D eigenvalue weighted by Gasteiger charge is 2.26. The number of piperazine rings is 1. The van der Waals surface area contributed by atoms with Gasteiger partial charge < -0.3 is 10.2 Å². The zero-order valence-electron chi connectivity index (χ0n) is 22.9. The van der Waals surface area contributed by atoms with Crippen molar-refractivity contribution in [3.05, 3.63) is 65.0 Å². The molecular weight excluding hydrogens is 488 g/mol. The van der Waals surface area contributed by atoms with Gasteiger partial charge in [0.15, 0.2) is 0 Å². The third-order valence-corrected chi connectivity index (χ3v) is 8.56. The van der Waals surface area contributed by atoms with Crippen LogP contribution in [-0.2, 0) is 6.54 Å². The topological polar surface area (TPSA) is 92.6 Å². The van der Waals surface area contributed by atoms with Crippen molar-refractivity contribution >= 4 is 11.8 Å². The van der Waals surface area contributed by atoms with Gasteiger partial charge in [-0.2, -0.15) is 5.26 Å². The minimum atomic E-state index is -0.184. The number of piperidine rings is 1. The number of hydrogen-bond acceptors (Lipinski definition) is 6. The summed E-state index contributed by atoms with van der Waals surface area (Å²) >= 11 is 0. The predicted molar refractivity (Wildman–Crippen MR) is 150 cm³/mol. The molecule has 2 aromatic rings. The zero-order valence-corrected chi connectivity index (χ0v) is 22.9. The van der Waals surface area contributed by atoms with Gasteiger partial charge in [-0.3, -0.25) is 24.4 Å². The lowest BCUT2D eigenvalue weighted by Gasteiger charge is -2.37. The molecular formula is C31H40N6O2. The van der Waals surface area contributed by atoms with Crippen LogP contribution in [0.15, 0.2) is 42.6 Å². The summed E-state index contributed by atoms with van der Waals surface area (Å²) in [5.74, 6) is 0.641. The van der Waals surface area contributed by atoms with Gasteiger partial charge in [0.25, 0.3) is 11.8 Å². The number of amides is 2. The van der Waals surface area contributed by atoms with Gasteiger partial charge in [0, 0.05) is 64.6 Å². The Morgan fingerprint density at radius 1 is 0.872 bits per heavy atom. The molecule has 206 valence electrons. The average molecular weight is 529 g/mol. The second kappa shape index (κ2) is 13.2. The van der Waals surface area contributed by atoms with E-state index in [4.69, 9.17) is 5.26 Å². The van der Waals surface area contributed by atoms with Crippen LogP contribution in [0.2, 0.25) is 0 Å². The summed E-state index contributed by atoms with van der Waals surface area (Å²) in [6, 6.07) is 13.4.